The number of fused-ring (bicyclic) bond motifs is 8. The van der Waals surface area contributed by atoms with Gasteiger partial charge in [0, 0.05) is 11.5 Å². The first-order valence-electron chi connectivity index (χ1n) is 16.7. The molecule has 0 bridgehead atoms. The van der Waals surface area contributed by atoms with Crippen molar-refractivity contribution in [1.29, 1.82) is 0 Å². The van der Waals surface area contributed by atoms with Crippen LogP contribution in [0.25, 0.3) is 16.8 Å². The number of rotatable bonds is 7. The first kappa shape index (κ1) is 29.1. The first-order chi connectivity index (χ1) is 22.6. The standard InChI is InChI=1S/C42H40O4/c1-3-28-17-18-32-26-34(22-19-31(32)25-28)46-43-27-42(2,33-13-5-4-6-14-33)41-44-37-23-20-29-11-7-9-15-35(29)39(37)40-36-16-10-8-12-30(36)21-24-38(40)45-41/h3-7,9,11,13-15,17-19,21-22,24-26,37,39,41H,1,8,10,12,16,20,23,27H2,2H3/t37-,39+,41?,42-/m1/s1. The van der Waals surface area contributed by atoms with Crippen molar-refractivity contribution in [2.24, 2.45) is 0 Å². The van der Waals surface area contributed by atoms with Crippen molar-refractivity contribution in [3.05, 3.63) is 149 Å². The molecule has 0 radical (unpaired) electrons. The van der Waals surface area contributed by atoms with Crippen molar-refractivity contribution < 1.29 is 19.2 Å². The van der Waals surface area contributed by atoms with Crippen molar-refractivity contribution >= 4 is 16.8 Å². The van der Waals surface area contributed by atoms with E-state index >= 15 is 0 Å². The molecular formula is C42H40O4. The largest absolute Gasteiger partial charge is 0.464 e. The lowest BCUT2D eigenvalue weighted by Gasteiger charge is -2.39. The highest BCUT2D eigenvalue weighted by Crippen LogP contribution is 2.50. The Morgan fingerprint density at radius 3 is 2.52 bits per heavy atom. The second-order valence-electron chi connectivity index (χ2n) is 13.3. The predicted molar refractivity (Wildman–Crippen MR) is 183 cm³/mol. The maximum atomic E-state index is 7.18. The van der Waals surface area contributed by atoms with Crippen LogP contribution in [-0.2, 0) is 34.3 Å². The highest BCUT2D eigenvalue weighted by Gasteiger charge is 2.47. The van der Waals surface area contributed by atoms with E-state index in [1.165, 1.54) is 40.7 Å². The third-order valence-corrected chi connectivity index (χ3v) is 10.4. The van der Waals surface area contributed by atoms with E-state index in [9.17, 15) is 0 Å². The van der Waals surface area contributed by atoms with Crippen LogP contribution >= 0.6 is 0 Å². The molecule has 4 atom stereocenters. The summed E-state index contributed by atoms with van der Waals surface area (Å²) in [7, 11) is 0. The van der Waals surface area contributed by atoms with E-state index in [2.05, 4.69) is 92.4 Å². The SMILES string of the molecule is C=Cc1ccc2cc(OOC[C@](C)(c3ccccc3)C3Oc4ccc5c(c4[C@H]4c6ccccc6CC[C@H]4O3)CCCC5)ccc2c1. The predicted octanol–water partition coefficient (Wildman–Crippen LogP) is 9.51. The summed E-state index contributed by atoms with van der Waals surface area (Å²) >= 11 is 0. The monoisotopic (exact) mass is 608 g/mol. The Kier molecular flexibility index (Phi) is 7.64. The van der Waals surface area contributed by atoms with Crippen LogP contribution in [0.2, 0.25) is 0 Å². The van der Waals surface area contributed by atoms with Gasteiger partial charge in [-0.3, -0.25) is 0 Å². The zero-order valence-corrected chi connectivity index (χ0v) is 26.4. The molecule has 4 heteroatoms. The van der Waals surface area contributed by atoms with Crippen LogP contribution < -0.4 is 9.62 Å². The van der Waals surface area contributed by atoms with Gasteiger partial charge in [0.2, 0.25) is 6.29 Å². The Morgan fingerprint density at radius 1 is 0.826 bits per heavy atom. The number of hydrogen-bond acceptors (Lipinski definition) is 4. The van der Waals surface area contributed by atoms with Gasteiger partial charge in [0.05, 0.1) is 11.5 Å². The highest BCUT2D eigenvalue weighted by atomic mass is 17.2. The Hall–Kier alpha value is -4.38. The quantitative estimate of drug-likeness (QED) is 0.136. The second kappa shape index (κ2) is 12.1. The number of aryl methyl sites for hydroxylation is 2. The van der Waals surface area contributed by atoms with E-state index < -0.39 is 11.7 Å². The Labute approximate surface area is 271 Å². The molecule has 0 saturated carbocycles. The van der Waals surface area contributed by atoms with Crippen molar-refractivity contribution in [2.75, 3.05) is 6.61 Å². The Morgan fingerprint density at radius 2 is 1.63 bits per heavy atom. The topological polar surface area (TPSA) is 36.9 Å². The van der Waals surface area contributed by atoms with Gasteiger partial charge >= 0.3 is 0 Å². The van der Waals surface area contributed by atoms with Crippen LogP contribution in [0, 0.1) is 0 Å². The number of benzene rings is 5. The van der Waals surface area contributed by atoms with Crippen molar-refractivity contribution in [3.63, 3.8) is 0 Å². The molecule has 0 saturated heterocycles. The van der Waals surface area contributed by atoms with E-state index in [1.807, 2.05) is 30.3 Å². The molecule has 8 rings (SSSR count). The van der Waals surface area contributed by atoms with Crippen LogP contribution in [0.15, 0.2) is 110 Å². The third kappa shape index (κ3) is 5.20. The summed E-state index contributed by atoms with van der Waals surface area (Å²) in [5.41, 5.74) is 8.56. The third-order valence-electron chi connectivity index (χ3n) is 10.4. The smallest absolute Gasteiger partial charge is 0.212 e. The normalized spacial score (nSPS) is 21.4. The summed E-state index contributed by atoms with van der Waals surface area (Å²) in [5, 5.41) is 2.21. The van der Waals surface area contributed by atoms with Gasteiger partial charge in [-0.25, -0.2) is 0 Å². The molecule has 1 aliphatic heterocycles. The highest BCUT2D eigenvalue weighted by molar-refractivity contribution is 5.85. The maximum Gasteiger partial charge on any atom is 0.212 e. The van der Waals surface area contributed by atoms with Crippen LogP contribution in [0.3, 0.4) is 0 Å². The summed E-state index contributed by atoms with van der Waals surface area (Å²) in [6.45, 7) is 6.30. The van der Waals surface area contributed by atoms with Gasteiger partial charge in [-0.15, -0.1) is 0 Å². The van der Waals surface area contributed by atoms with Gasteiger partial charge < -0.3 is 14.4 Å². The average molecular weight is 609 g/mol. The molecule has 0 fully saturated rings. The minimum Gasteiger partial charge on any atom is -0.464 e. The Balaban J connectivity index is 1.15. The molecule has 3 aliphatic rings. The molecule has 1 unspecified atom stereocenters. The molecule has 2 aliphatic carbocycles. The molecule has 0 spiro atoms. The van der Waals surface area contributed by atoms with Crippen LogP contribution in [-0.4, -0.2) is 19.0 Å². The minimum absolute atomic E-state index is 0.0144. The van der Waals surface area contributed by atoms with Gasteiger partial charge in [-0.1, -0.05) is 91.5 Å². The number of hydrogen-bond donors (Lipinski definition) is 0. The summed E-state index contributed by atoms with van der Waals surface area (Å²) in [5.74, 6) is 1.72. The van der Waals surface area contributed by atoms with Gasteiger partial charge in [-0.05, 0) is 114 Å². The van der Waals surface area contributed by atoms with Crippen molar-refractivity contribution in [3.8, 4) is 11.5 Å². The molecule has 0 N–H and O–H groups in total. The van der Waals surface area contributed by atoms with E-state index in [0.717, 1.165) is 53.3 Å². The average Bonchev–Trinajstić information content (AvgIpc) is 3.29. The van der Waals surface area contributed by atoms with Crippen molar-refractivity contribution in [2.45, 2.75) is 69.2 Å². The van der Waals surface area contributed by atoms with E-state index in [1.54, 1.807) is 0 Å². The fourth-order valence-electron chi connectivity index (χ4n) is 7.83. The second-order valence-corrected chi connectivity index (χ2v) is 13.3. The van der Waals surface area contributed by atoms with Gasteiger partial charge in [0.1, 0.15) is 12.4 Å². The summed E-state index contributed by atoms with van der Waals surface area (Å²) in [6.07, 6.45) is 7.86. The molecule has 1 heterocycles. The summed E-state index contributed by atoms with van der Waals surface area (Å²) < 4.78 is 14.2. The lowest BCUT2D eigenvalue weighted by molar-refractivity contribution is -0.247. The van der Waals surface area contributed by atoms with Gasteiger partial charge in [0.15, 0.2) is 5.75 Å². The zero-order chi connectivity index (χ0) is 31.1. The molecule has 4 nitrogen and oxygen atoms in total. The summed E-state index contributed by atoms with van der Waals surface area (Å²) in [4.78, 5) is 12.1. The Bertz CT molecular complexity index is 1900. The molecule has 0 amide bonds. The van der Waals surface area contributed by atoms with E-state index in [-0.39, 0.29) is 18.6 Å². The maximum absolute atomic E-state index is 7.18. The van der Waals surface area contributed by atoms with Crippen molar-refractivity contribution in [1.82, 2.24) is 0 Å². The molecule has 5 aromatic carbocycles. The zero-order valence-electron chi connectivity index (χ0n) is 26.4. The van der Waals surface area contributed by atoms with E-state index in [4.69, 9.17) is 19.2 Å². The summed E-state index contributed by atoms with van der Waals surface area (Å²) in [6, 6.07) is 36.1. The molecule has 5 aromatic rings. The van der Waals surface area contributed by atoms with Gasteiger partial charge in [0.25, 0.3) is 0 Å². The number of ether oxygens (including phenoxy) is 2. The lowest BCUT2D eigenvalue weighted by Crippen LogP contribution is -2.48. The first-order valence-corrected chi connectivity index (χ1v) is 16.7. The van der Waals surface area contributed by atoms with Crippen LogP contribution in [0.4, 0.5) is 0 Å². The van der Waals surface area contributed by atoms with Crippen LogP contribution in [0.1, 0.15) is 71.0 Å². The fraction of sp³-hybridized carbons (Fsp3) is 0.286. The molecular weight excluding hydrogens is 568 g/mol. The fourth-order valence-corrected chi connectivity index (χ4v) is 7.83. The molecule has 0 aromatic heterocycles. The van der Waals surface area contributed by atoms with Crippen LogP contribution in [0.5, 0.6) is 11.5 Å². The van der Waals surface area contributed by atoms with Gasteiger partial charge in [-0.2, -0.15) is 4.89 Å². The molecule has 46 heavy (non-hydrogen) atoms. The minimum atomic E-state index is -0.671. The lowest BCUT2D eigenvalue weighted by atomic mass is 9.73. The van der Waals surface area contributed by atoms with E-state index in [0.29, 0.717) is 5.75 Å². The molecule has 232 valence electrons.